The van der Waals surface area contributed by atoms with Crippen molar-refractivity contribution in [2.24, 2.45) is 5.92 Å². The Bertz CT molecular complexity index is 183. The van der Waals surface area contributed by atoms with E-state index in [9.17, 15) is 4.79 Å². The number of carbonyl (C=O) groups excluding carboxylic acids is 1. The average molecular weight is 153 g/mol. The normalized spacial score (nSPS) is 9.27. The fourth-order valence-electron chi connectivity index (χ4n) is 0.508. The van der Waals surface area contributed by atoms with Crippen LogP contribution in [0.3, 0.4) is 0 Å². The zero-order valence-corrected chi connectivity index (χ0v) is 7.56. The third kappa shape index (κ3) is 6.92. The van der Waals surface area contributed by atoms with Gasteiger partial charge in [0.15, 0.2) is 0 Å². The lowest BCUT2D eigenvalue weighted by Crippen LogP contribution is -2.28. The summed E-state index contributed by atoms with van der Waals surface area (Å²) in [6.45, 7) is 7.73. The van der Waals surface area contributed by atoms with Crippen molar-refractivity contribution in [2.75, 3.05) is 0 Å². The fraction of sp³-hybridized carbons (Fsp3) is 0.667. The Labute approximate surface area is 68.4 Å². The van der Waals surface area contributed by atoms with Crippen molar-refractivity contribution >= 4 is 5.91 Å². The largest absolute Gasteiger partial charge is 0.343 e. The van der Waals surface area contributed by atoms with Crippen LogP contribution >= 0.6 is 0 Å². The lowest BCUT2D eigenvalue weighted by Gasteiger charge is -2.02. The van der Waals surface area contributed by atoms with Crippen LogP contribution in [0.4, 0.5) is 0 Å². The lowest BCUT2D eigenvalue weighted by molar-refractivity contribution is -0.116. The van der Waals surface area contributed by atoms with Gasteiger partial charge < -0.3 is 5.32 Å². The van der Waals surface area contributed by atoms with Crippen molar-refractivity contribution in [3.05, 3.63) is 0 Å². The standard InChI is InChI=1S/C9H15NO/c1-7(2)5-6-9(11)10-8(3)4/h7-8H,1-4H3,(H,10,11). The van der Waals surface area contributed by atoms with E-state index in [4.69, 9.17) is 0 Å². The second-order valence-corrected chi connectivity index (χ2v) is 3.05. The molecule has 0 radical (unpaired) electrons. The topological polar surface area (TPSA) is 29.1 Å². The Morgan fingerprint density at radius 1 is 1.27 bits per heavy atom. The van der Waals surface area contributed by atoms with Gasteiger partial charge in [-0.25, -0.2) is 0 Å². The van der Waals surface area contributed by atoms with Crippen molar-refractivity contribution in [1.82, 2.24) is 5.32 Å². The number of carbonyl (C=O) groups is 1. The molecule has 0 aliphatic rings. The van der Waals surface area contributed by atoms with Crippen LogP contribution in [0.5, 0.6) is 0 Å². The summed E-state index contributed by atoms with van der Waals surface area (Å²) in [4.78, 5) is 10.9. The quantitative estimate of drug-likeness (QED) is 0.563. The minimum absolute atomic E-state index is 0.170. The highest BCUT2D eigenvalue weighted by molar-refractivity contribution is 5.93. The molecule has 0 heterocycles. The molecule has 1 amide bonds. The maximum absolute atomic E-state index is 10.9. The van der Waals surface area contributed by atoms with Gasteiger partial charge in [-0.1, -0.05) is 19.8 Å². The van der Waals surface area contributed by atoms with Gasteiger partial charge in [0.1, 0.15) is 0 Å². The first-order valence-corrected chi connectivity index (χ1v) is 3.84. The highest BCUT2D eigenvalue weighted by Crippen LogP contribution is 1.85. The van der Waals surface area contributed by atoms with Crippen LogP contribution in [0.25, 0.3) is 0 Å². The average Bonchev–Trinajstić information content (AvgIpc) is 1.82. The number of hydrogen-bond donors (Lipinski definition) is 1. The molecule has 0 unspecified atom stereocenters. The molecule has 0 spiro atoms. The summed E-state index contributed by atoms with van der Waals surface area (Å²) in [5.41, 5.74) is 0. The molecule has 0 aromatic carbocycles. The summed E-state index contributed by atoms with van der Waals surface area (Å²) in [5.74, 6) is 5.37. The van der Waals surface area contributed by atoms with E-state index >= 15 is 0 Å². The number of amides is 1. The fourth-order valence-corrected chi connectivity index (χ4v) is 0.508. The molecule has 62 valence electrons. The number of rotatable bonds is 1. The van der Waals surface area contributed by atoms with Gasteiger partial charge in [0, 0.05) is 12.0 Å². The van der Waals surface area contributed by atoms with Gasteiger partial charge in [-0.05, 0) is 19.8 Å². The summed E-state index contributed by atoms with van der Waals surface area (Å²) < 4.78 is 0. The number of hydrogen-bond acceptors (Lipinski definition) is 1. The van der Waals surface area contributed by atoms with Gasteiger partial charge in [-0.2, -0.15) is 0 Å². The van der Waals surface area contributed by atoms with Crippen LogP contribution in [0.1, 0.15) is 27.7 Å². The molecule has 0 bridgehead atoms. The van der Waals surface area contributed by atoms with E-state index < -0.39 is 0 Å². The minimum atomic E-state index is -0.186. The predicted octanol–water partition coefficient (Wildman–Crippen LogP) is 1.17. The molecule has 0 saturated carbocycles. The van der Waals surface area contributed by atoms with Gasteiger partial charge in [-0.15, -0.1) is 0 Å². The Morgan fingerprint density at radius 2 is 1.82 bits per heavy atom. The van der Waals surface area contributed by atoms with Gasteiger partial charge >= 0.3 is 0 Å². The smallest absolute Gasteiger partial charge is 0.296 e. The molecule has 0 saturated heterocycles. The summed E-state index contributed by atoms with van der Waals surface area (Å²) in [5, 5.41) is 2.69. The van der Waals surface area contributed by atoms with Crippen molar-refractivity contribution in [3.63, 3.8) is 0 Å². The molecule has 0 fully saturated rings. The summed E-state index contributed by atoms with van der Waals surface area (Å²) in [6.07, 6.45) is 0. The van der Waals surface area contributed by atoms with Crippen molar-refractivity contribution in [3.8, 4) is 11.8 Å². The molecular formula is C9H15NO. The van der Waals surface area contributed by atoms with E-state index in [2.05, 4.69) is 17.2 Å². The molecule has 0 atom stereocenters. The Kier molecular flexibility index (Phi) is 4.36. The Balaban J connectivity index is 3.81. The lowest BCUT2D eigenvalue weighted by atomic mass is 10.2. The van der Waals surface area contributed by atoms with E-state index in [1.165, 1.54) is 0 Å². The molecule has 2 nitrogen and oxygen atoms in total. The molecule has 0 rings (SSSR count). The Hall–Kier alpha value is -0.970. The van der Waals surface area contributed by atoms with E-state index in [0.717, 1.165) is 0 Å². The highest BCUT2D eigenvalue weighted by atomic mass is 16.1. The monoisotopic (exact) mass is 153 g/mol. The van der Waals surface area contributed by atoms with Gasteiger partial charge in [0.25, 0.3) is 5.91 Å². The molecule has 11 heavy (non-hydrogen) atoms. The zero-order chi connectivity index (χ0) is 8.85. The maximum atomic E-state index is 10.9. The molecule has 0 aliphatic heterocycles. The third-order valence-corrected chi connectivity index (χ3v) is 0.894. The summed E-state index contributed by atoms with van der Waals surface area (Å²) in [7, 11) is 0. The first kappa shape index (κ1) is 10.0. The van der Waals surface area contributed by atoms with Crippen LogP contribution in [-0.2, 0) is 4.79 Å². The van der Waals surface area contributed by atoms with Crippen molar-refractivity contribution < 1.29 is 4.79 Å². The second-order valence-electron chi connectivity index (χ2n) is 3.05. The first-order chi connectivity index (χ1) is 5.02. The predicted molar refractivity (Wildman–Crippen MR) is 45.9 cm³/mol. The molecule has 1 N–H and O–H groups in total. The van der Waals surface area contributed by atoms with E-state index in [-0.39, 0.29) is 17.9 Å². The van der Waals surface area contributed by atoms with Gasteiger partial charge in [0.2, 0.25) is 0 Å². The SMILES string of the molecule is CC(C)C#CC(=O)NC(C)C. The molecule has 0 aliphatic carbocycles. The van der Waals surface area contributed by atoms with Crippen LogP contribution in [-0.4, -0.2) is 11.9 Å². The minimum Gasteiger partial charge on any atom is -0.343 e. The van der Waals surface area contributed by atoms with Crippen molar-refractivity contribution in [2.45, 2.75) is 33.7 Å². The highest BCUT2D eigenvalue weighted by Gasteiger charge is 1.96. The third-order valence-electron chi connectivity index (χ3n) is 0.894. The van der Waals surface area contributed by atoms with E-state index in [1.54, 1.807) is 0 Å². The second kappa shape index (κ2) is 4.79. The van der Waals surface area contributed by atoms with E-state index in [1.807, 2.05) is 27.7 Å². The molecular weight excluding hydrogens is 138 g/mol. The molecule has 0 aromatic heterocycles. The molecule has 2 heteroatoms. The summed E-state index contributed by atoms with van der Waals surface area (Å²) >= 11 is 0. The van der Waals surface area contributed by atoms with Crippen LogP contribution in [0.2, 0.25) is 0 Å². The Morgan fingerprint density at radius 3 is 2.18 bits per heavy atom. The number of nitrogens with one attached hydrogen (secondary N) is 1. The zero-order valence-electron chi connectivity index (χ0n) is 7.56. The molecule has 0 aromatic rings. The summed E-state index contributed by atoms with van der Waals surface area (Å²) in [6, 6.07) is 0.170. The van der Waals surface area contributed by atoms with Gasteiger partial charge in [-0.3, -0.25) is 4.79 Å². The maximum Gasteiger partial charge on any atom is 0.296 e. The van der Waals surface area contributed by atoms with Crippen LogP contribution in [0.15, 0.2) is 0 Å². The van der Waals surface area contributed by atoms with Crippen molar-refractivity contribution in [1.29, 1.82) is 0 Å². The van der Waals surface area contributed by atoms with Crippen LogP contribution < -0.4 is 5.32 Å². The van der Waals surface area contributed by atoms with E-state index in [0.29, 0.717) is 0 Å². The van der Waals surface area contributed by atoms with Gasteiger partial charge in [0.05, 0.1) is 0 Å². The van der Waals surface area contributed by atoms with Crippen LogP contribution in [0, 0.1) is 17.8 Å². The first-order valence-electron chi connectivity index (χ1n) is 3.84.